The number of carboxylic acids is 1. The third-order valence-corrected chi connectivity index (χ3v) is 5.84. The highest BCUT2D eigenvalue weighted by atomic mass is 35.5. The number of nitrogens with zero attached hydrogens (tertiary/aromatic N) is 4. The van der Waals surface area contributed by atoms with Crippen LogP contribution in [0.25, 0.3) is 11.0 Å². The SMILES string of the molecule is CC(=O)CCN1CCN(c2nc3c(cc2Cl)c(=O)c(C(=O)O)cn3C2CC2)CC1. The van der Waals surface area contributed by atoms with Crippen LogP contribution in [0.5, 0.6) is 0 Å². The highest BCUT2D eigenvalue weighted by Crippen LogP contribution is 2.38. The smallest absolute Gasteiger partial charge is 0.341 e. The van der Waals surface area contributed by atoms with Crippen molar-refractivity contribution in [2.75, 3.05) is 37.6 Å². The molecule has 9 heteroatoms. The van der Waals surface area contributed by atoms with Crippen molar-refractivity contribution in [1.29, 1.82) is 0 Å². The molecule has 2 aromatic heterocycles. The van der Waals surface area contributed by atoms with Gasteiger partial charge in [0.25, 0.3) is 0 Å². The van der Waals surface area contributed by atoms with Gasteiger partial charge in [0.1, 0.15) is 22.8 Å². The monoisotopic (exact) mass is 418 g/mol. The number of pyridine rings is 2. The number of halogens is 1. The molecule has 0 atom stereocenters. The Balaban J connectivity index is 1.67. The van der Waals surface area contributed by atoms with Gasteiger partial charge in [-0.15, -0.1) is 0 Å². The van der Waals surface area contributed by atoms with Crippen molar-refractivity contribution in [2.45, 2.75) is 32.2 Å². The molecule has 1 aliphatic carbocycles. The molecule has 0 radical (unpaired) electrons. The fourth-order valence-electron chi connectivity index (χ4n) is 3.74. The fourth-order valence-corrected chi connectivity index (χ4v) is 4.01. The lowest BCUT2D eigenvalue weighted by molar-refractivity contribution is -0.117. The molecule has 2 aromatic rings. The van der Waals surface area contributed by atoms with Gasteiger partial charge in [0.2, 0.25) is 5.43 Å². The van der Waals surface area contributed by atoms with Gasteiger partial charge in [-0.3, -0.25) is 14.5 Å². The maximum atomic E-state index is 12.6. The summed E-state index contributed by atoms with van der Waals surface area (Å²) in [5.41, 5.74) is -0.325. The maximum Gasteiger partial charge on any atom is 0.341 e. The van der Waals surface area contributed by atoms with E-state index in [9.17, 15) is 19.5 Å². The lowest BCUT2D eigenvalue weighted by atomic mass is 10.2. The van der Waals surface area contributed by atoms with Crippen LogP contribution in [0.15, 0.2) is 17.1 Å². The molecule has 0 spiro atoms. The second kappa shape index (κ2) is 7.76. The van der Waals surface area contributed by atoms with E-state index in [4.69, 9.17) is 16.6 Å². The Morgan fingerprint density at radius 1 is 1.24 bits per heavy atom. The van der Waals surface area contributed by atoms with Crippen molar-refractivity contribution in [2.24, 2.45) is 0 Å². The topological polar surface area (TPSA) is 95.7 Å². The summed E-state index contributed by atoms with van der Waals surface area (Å²) >= 11 is 6.47. The molecule has 1 saturated heterocycles. The summed E-state index contributed by atoms with van der Waals surface area (Å²) in [5.74, 6) is -0.444. The predicted molar refractivity (Wildman–Crippen MR) is 110 cm³/mol. The van der Waals surface area contributed by atoms with Gasteiger partial charge < -0.3 is 14.6 Å². The Morgan fingerprint density at radius 2 is 1.93 bits per heavy atom. The van der Waals surface area contributed by atoms with Crippen LogP contribution >= 0.6 is 11.6 Å². The van der Waals surface area contributed by atoms with Crippen LogP contribution in [-0.4, -0.2) is 64.0 Å². The minimum atomic E-state index is -1.24. The van der Waals surface area contributed by atoms with Crippen LogP contribution < -0.4 is 10.3 Å². The largest absolute Gasteiger partial charge is 0.477 e. The van der Waals surface area contributed by atoms with Gasteiger partial charge in [-0.25, -0.2) is 9.78 Å². The summed E-state index contributed by atoms with van der Waals surface area (Å²) < 4.78 is 1.81. The minimum absolute atomic E-state index is 0.168. The number of carbonyl (C=O) groups is 2. The van der Waals surface area contributed by atoms with Crippen LogP contribution in [0.3, 0.4) is 0 Å². The van der Waals surface area contributed by atoms with E-state index in [1.54, 1.807) is 13.0 Å². The summed E-state index contributed by atoms with van der Waals surface area (Å²) in [7, 11) is 0. The molecule has 2 aliphatic rings. The molecule has 0 bridgehead atoms. The second-order valence-electron chi connectivity index (χ2n) is 7.76. The standard InChI is InChI=1S/C20H23ClN4O4/c1-12(26)4-5-23-6-8-24(9-7-23)19-16(21)10-14-17(27)15(20(28)29)11-25(13-2-3-13)18(14)22-19/h10-11,13H,2-9H2,1H3,(H,28,29). The number of hydrogen-bond acceptors (Lipinski definition) is 6. The van der Waals surface area contributed by atoms with Gasteiger partial charge in [-0.2, -0.15) is 0 Å². The molecule has 1 saturated carbocycles. The summed E-state index contributed by atoms with van der Waals surface area (Å²) in [6, 6.07) is 1.72. The first-order valence-corrected chi connectivity index (χ1v) is 10.2. The third kappa shape index (κ3) is 4.00. The Labute approximate surface area is 172 Å². The van der Waals surface area contributed by atoms with Crippen molar-refractivity contribution < 1.29 is 14.7 Å². The predicted octanol–water partition coefficient (Wildman–Crippen LogP) is 2.18. The van der Waals surface area contributed by atoms with Gasteiger partial charge >= 0.3 is 5.97 Å². The number of Topliss-reactive ketones (excluding diaryl/α,β-unsaturated/α-hetero) is 1. The lowest BCUT2D eigenvalue weighted by Gasteiger charge is -2.35. The molecule has 0 aromatic carbocycles. The number of hydrogen-bond donors (Lipinski definition) is 1. The molecular weight excluding hydrogens is 396 g/mol. The molecule has 154 valence electrons. The number of ketones is 1. The van der Waals surface area contributed by atoms with E-state index in [0.717, 1.165) is 45.6 Å². The molecule has 0 unspecified atom stereocenters. The van der Waals surface area contributed by atoms with Crippen LogP contribution in [0.2, 0.25) is 5.02 Å². The van der Waals surface area contributed by atoms with Gasteiger partial charge in [0, 0.05) is 51.4 Å². The number of aromatic carboxylic acids is 1. The number of carboxylic acid groups (broad SMARTS) is 1. The van der Waals surface area contributed by atoms with Gasteiger partial charge in [-0.05, 0) is 25.8 Å². The van der Waals surface area contributed by atoms with Crippen LogP contribution in [0.1, 0.15) is 42.6 Å². The van der Waals surface area contributed by atoms with Crippen molar-refractivity contribution in [3.05, 3.63) is 33.1 Å². The van der Waals surface area contributed by atoms with E-state index >= 15 is 0 Å². The van der Waals surface area contributed by atoms with E-state index in [-0.39, 0.29) is 22.8 Å². The number of rotatable bonds is 6. The summed E-state index contributed by atoms with van der Waals surface area (Å²) in [6.07, 6.45) is 3.83. The first-order chi connectivity index (χ1) is 13.8. The quantitative estimate of drug-likeness (QED) is 0.768. The fraction of sp³-hybridized carbons (Fsp3) is 0.500. The Kier molecular flexibility index (Phi) is 5.31. The summed E-state index contributed by atoms with van der Waals surface area (Å²) in [4.78, 5) is 44.4. The zero-order chi connectivity index (χ0) is 20.7. The first-order valence-electron chi connectivity index (χ1n) is 9.80. The first kappa shape index (κ1) is 19.8. The summed E-state index contributed by atoms with van der Waals surface area (Å²) in [6.45, 7) is 5.40. The highest BCUT2D eigenvalue weighted by molar-refractivity contribution is 6.33. The van der Waals surface area contributed by atoms with E-state index in [1.165, 1.54) is 6.20 Å². The average Bonchev–Trinajstić information content (AvgIpc) is 3.52. The highest BCUT2D eigenvalue weighted by Gasteiger charge is 2.29. The van der Waals surface area contributed by atoms with Crippen LogP contribution in [0, 0.1) is 0 Å². The molecule has 1 aliphatic heterocycles. The molecular formula is C20H23ClN4O4. The molecule has 2 fully saturated rings. The van der Waals surface area contributed by atoms with Gasteiger partial charge in [0.05, 0.1) is 10.4 Å². The van der Waals surface area contributed by atoms with Crippen molar-refractivity contribution in [1.82, 2.24) is 14.5 Å². The van der Waals surface area contributed by atoms with Crippen LogP contribution in [-0.2, 0) is 4.79 Å². The molecule has 4 rings (SSSR count). The lowest BCUT2D eigenvalue weighted by Crippen LogP contribution is -2.47. The molecule has 29 heavy (non-hydrogen) atoms. The van der Waals surface area contributed by atoms with Crippen molar-refractivity contribution >= 4 is 40.2 Å². The third-order valence-electron chi connectivity index (χ3n) is 5.56. The Bertz CT molecular complexity index is 1040. The second-order valence-corrected chi connectivity index (χ2v) is 8.17. The number of aromatic nitrogens is 2. The van der Waals surface area contributed by atoms with Crippen molar-refractivity contribution in [3.8, 4) is 0 Å². The normalized spacial score (nSPS) is 17.7. The number of carbonyl (C=O) groups excluding carboxylic acids is 1. The molecule has 3 heterocycles. The maximum absolute atomic E-state index is 12.6. The molecule has 0 amide bonds. The van der Waals surface area contributed by atoms with E-state index in [1.807, 2.05) is 4.57 Å². The van der Waals surface area contributed by atoms with E-state index in [2.05, 4.69) is 9.80 Å². The number of fused-ring (bicyclic) bond motifs is 1. The molecule has 8 nitrogen and oxygen atoms in total. The Hall–Kier alpha value is -2.45. The van der Waals surface area contributed by atoms with Gasteiger partial charge in [0.15, 0.2) is 0 Å². The zero-order valence-corrected chi connectivity index (χ0v) is 17.0. The average molecular weight is 419 g/mol. The van der Waals surface area contributed by atoms with Crippen molar-refractivity contribution in [3.63, 3.8) is 0 Å². The summed E-state index contributed by atoms with van der Waals surface area (Å²) in [5, 5.41) is 9.97. The Morgan fingerprint density at radius 3 is 2.52 bits per heavy atom. The zero-order valence-electron chi connectivity index (χ0n) is 16.2. The number of piperazine rings is 1. The van der Waals surface area contributed by atoms with E-state index in [0.29, 0.717) is 22.9 Å². The van der Waals surface area contributed by atoms with Crippen LogP contribution in [0.4, 0.5) is 5.82 Å². The molecule has 1 N–H and O–H groups in total. The van der Waals surface area contributed by atoms with E-state index < -0.39 is 11.4 Å². The van der Waals surface area contributed by atoms with Gasteiger partial charge in [-0.1, -0.05) is 11.6 Å². The minimum Gasteiger partial charge on any atom is -0.477 e. The number of anilines is 1.